The fourth-order valence-electron chi connectivity index (χ4n) is 3.55. The van der Waals surface area contributed by atoms with Crippen LogP contribution in [0.25, 0.3) is 0 Å². The number of halogens is 4. The third-order valence-electron chi connectivity index (χ3n) is 6.50. The maximum atomic E-state index is 14.6. The fourth-order valence-corrected chi connectivity index (χ4v) is 3.55. The van der Waals surface area contributed by atoms with Gasteiger partial charge < -0.3 is 19.1 Å². The molecule has 2 fully saturated rings. The molecular formula is C21H23BF4N2O4. The average molecular weight is 454 g/mol. The molecule has 2 heterocycles. The van der Waals surface area contributed by atoms with Gasteiger partial charge in [0.2, 0.25) is 5.91 Å². The number of rotatable bonds is 5. The number of nitrogens with zero attached hydrogens (tertiary/aromatic N) is 1. The first kappa shape index (κ1) is 22.8. The minimum Gasteiger partial charge on any atom is -0.399 e. The van der Waals surface area contributed by atoms with E-state index in [1.54, 1.807) is 6.07 Å². The number of amides is 1. The van der Waals surface area contributed by atoms with Crippen LogP contribution < -0.4 is 10.8 Å². The smallest absolute Gasteiger partial charge is 0.399 e. The van der Waals surface area contributed by atoms with Gasteiger partial charge in [0, 0.05) is 6.07 Å². The van der Waals surface area contributed by atoms with Gasteiger partial charge >= 0.3 is 13.3 Å². The van der Waals surface area contributed by atoms with Crippen molar-refractivity contribution >= 4 is 24.3 Å². The molecule has 32 heavy (non-hydrogen) atoms. The third-order valence-corrected chi connectivity index (χ3v) is 6.50. The Morgan fingerprint density at radius 3 is 2.28 bits per heavy atom. The summed E-state index contributed by atoms with van der Waals surface area (Å²) >= 11 is 0. The monoisotopic (exact) mass is 454 g/mol. The predicted molar refractivity (Wildman–Crippen MR) is 108 cm³/mol. The van der Waals surface area contributed by atoms with Gasteiger partial charge in [-0.1, -0.05) is 17.3 Å². The van der Waals surface area contributed by atoms with Crippen LogP contribution in [0.5, 0.6) is 0 Å². The van der Waals surface area contributed by atoms with Crippen molar-refractivity contribution < 1.29 is 36.2 Å². The average Bonchev–Trinajstić information content (AvgIpc) is 3.31. The second kappa shape index (κ2) is 7.31. The van der Waals surface area contributed by atoms with Gasteiger partial charge in [-0.3, -0.25) is 4.79 Å². The minimum atomic E-state index is -4.45. The van der Waals surface area contributed by atoms with Gasteiger partial charge in [-0.25, -0.2) is 4.39 Å². The van der Waals surface area contributed by atoms with Crippen molar-refractivity contribution in [1.82, 2.24) is 5.16 Å². The van der Waals surface area contributed by atoms with E-state index in [-0.39, 0.29) is 36.4 Å². The maximum Gasteiger partial charge on any atom is 0.494 e. The van der Waals surface area contributed by atoms with E-state index in [0.29, 0.717) is 5.46 Å². The van der Waals surface area contributed by atoms with E-state index in [0.717, 1.165) is 6.07 Å². The van der Waals surface area contributed by atoms with Crippen LogP contribution in [-0.2, 0) is 25.9 Å². The number of alkyl halides is 3. The zero-order valence-electron chi connectivity index (χ0n) is 18.1. The quantitative estimate of drug-likeness (QED) is 0.549. The first-order valence-electron chi connectivity index (χ1n) is 10.2. The van der Waals surface area contributed by atoms with Crippen LogP contribution in [0.1, 0.15) is 51.9 Å². The lowest BCUT2D eigenvalue weighted by molar-refractivity contribution is -0.165. The van der Waals surface area contributed by atoms with Crippen LogP contribution >= 0.6 is 0 Å². The minimum absolute atomic E-state index is 0.0839. The summed E-state index contributed by atoms with van der Waals surface area (Å²) in [5.74, 6) is -1.74. The Kier molecular flexibility index (Phi) is 5.21. The highest BCUT2D eigenvalue weighted by molar-refractivity contribution is 6.62. The number of benzene rings is 1. The fraction of sp³-hybridized carbons (Fsp3) is 0.524. The van der Waals surface area contributed by atoms with Crippen LogP contribution in [0.3, 0.4) is 0 Å². The molecule has 0 radical (unpaired) electrons. The van der Waals surface area contributed by atoms with E-state index in [2.05, 4.69) is 10.5 Å². The summed E-state index contributed by atoms with van der Waals surface area (Å²) in [6.45, 7) is 7.54. The standard InChI is InChI=1S/C21H23BF4N2O4/c1-18(2)19(3,4)32-22(31-18)13-6-5-12(14(23)10-13)9-17(29)27-16-11-15(30-28-16)20(7-8-20)21(24,25)26/h5-6,10-11H,7-9H2,1-4H3,(H,27,28,29). The van der Waals surface area contributed by atoms with Crippen LogP contribution in [0, 0.1) is 5.82 Å². The molecule has 4 rings (SSSR count). The van der Waals surface area contributed by atoms with Gasteiger partial charge in [0.25, 0.3) is 0 Å². The number of hydrogen-bond donors (Lipinski definition) is 1. The van der Waals surface area contributed by atoms with Crippen molar-refractivity contribution in [3.63, 3.8) is 0 Å². The molecule has 0 bridgehead atoms. The Labute approximate surface area is 182 Å². The molecule has 11 heteroatoms. The van der Waals surface area contributed by atoms with E-state index < -0.39 is 41.6 Å². The molecule has 0 atom stereocenters. The first-order chi connectivity index (χ1) is 14.7. The van der Waals surface area contributed by atoms with Crippen molar-refractivity contribution in [2.45, 2.75) is 69.8 Å². The lowest BCUT2D eigenvalue weighted by Gasteiger charge is -2.32. The van der Waals surface area contributed by atoms with Gasteiger partial charge in [0.15, 0.2) is 11.6 Å². The molecule has 1 aliphatic heterocycles. The molecule has 1 saturated carbocycles. The normalized spacial score (nSPS) is 20.9. The SMILES string of the molecule is CC1(C)OB(c2ccc(CC(=O)Nc3cc(C4(C(F)(F)F)CC4)on3)c(F)c2)OC1(C)C. The van der Waals surface area contributed by atoms with Crippen molar-refractivity contribution in [3.05, 3.63) is 41.4 Å². The van der Waals surface area contributed by atoms with Crippen molar-refractivity contribution in [3.8, 4) is 0 Å². The molecule has 1 aliphatic carbocycles. The Balaban J connectivity index is 1.41. The lowest BCUT2D eigenvalue weighted by atomic mass is 9.78. The van der Waals surface area contributed by atoms with Gasteiger partial charge in [-0.05, 0) is 57.6 Å². The van der Waals surface area contributed by atoms with Gasteiger partial charge in [0.05, 0.1) is 17.6 Å². The first-order valence-corrected chi connectivity index (χ1v) is 10.2. The molecule has 1 saturated heterocycles. The molecule has 1 aromatic carbocycles. The van der Waals surface area contributed by atoms with E-state index >= 15 is 0 Å². The van der Waals surface area contributed by atoms with Crippen molar-refractivity contribution in [2.75, 3.05) is 5.32 Å². The second-order valence-electron chi connectivity index (χ2n) is 9.32. The zero-order valence-corrected chi connectivity index (χ0v) is 18.1. The molecule has 6 nitrogen and oxygen atoms in total. The van der Waals surface area contributed by atoms with Crippen LogP contribution in [-0.4, -0.2) is 35.6 Å². The van der Waals surface area contributed by atoms with E-state index in [4.69, 9.17) is 13.8 Å². The summed E-state index contributed by atoms with van der Waals surface area (Å²) in [7, 11) is -0.741. The van der Waals surface area contributed by atoms with Crippen LogP contribution in [0.4, 0.5) is 23.4 Å². The molecule has 0 unspecified atom stereocenters. The second-order valence-corrected chi connectivity index (χ2v) is 9.32. The highest BCUT2D eigenvalue weighted by atomic mass is 19.4. The molecule has 2 aliphatic rings. The summed E-state index contributed by atoms with van der Waals surface area (Å²) in [6, 6.07) is 5.38. The molecule has 1 amide bonds. The summed E-state index contributed by atoms with van der Waals surface area (Å²) in [5.41, 5.74) is -2.59. The highest BCUT2D eigenvalue weighted by Gasteiger charge is 2.67. The van der Waals surface area contributed by atoms with E-state index in [9.17, 15) is 22.4 Å². The van der Waals surface area contributed by atoms with Gasteiger partial charge in [-0.15, -0.1) is 0 Å². The molecule has 1 aromatic heterocycles. The van der Waals surface area contributed by atoms with Crippen molar-refractivity contribution in [1.29, 1.82) is 0 Å². The number of carbonyl (C=O) groups excluding carboxylic acids is 1. The highest BCUT2D eigenvalue weighted by Crippen LogP contribution is 2.59. The maximum absolute atomic E-state index is 14.6. The number of nitrogens with one attached hydrogen (secondary N) is 1. The predicted octanol–water partition coefficient (Wildman–Crippen LogP) is 3.89. The van der Waals surface area contributed by atoms with Crippen LogP contribution in [0.15, 0.2) is 28.8 Å². The lowest BCUT2D eigenvalue weighted by Crippen LogP contribution is -2.41. The molecule has 1 N–H and O–H groups in total. The Bertz CT molecular complexity index is 1030. The number of aromatic nitrogens is 1. The summed E-state index contributed by atoms with van der Waals surface area (Å²) in [6.07, 6.45) is -4.95. The molecule has 0 spiro atoms. The van der Waals surface area contributed by atoms with E-state index in [1.165, 1.54) is 12.1 Å². The van der Waals surface area contributed by atoms with Crippen LogP contribution in [0.2, 0.25) is 0 Å². The van der Waals surface area contributed by atoms with E-state index in [1.807, 2.05) is 27.7 Å². The third kappa shape index (κ3) is 3.92. The summed E-state index contributed by atoms with van der Waals surface area (Å²) in [4.78, 5) is 12.3. The Morgan fingerprint density at radius 1 is 1.12 bits per heavy atom. The largest absolute Gasteiger partial charge is 0.494 e. The zero-order chi connectivity index (χ0) is 23.5. The number of carbonyl (C=O) groups is 1. The molecule has 2 aromatic rings. The topological polar surface area (TPSA) is 73.6 Å². The van der Waals surface area contributed by atoms with Crippen molar-refractivity contribution in [2.24, 2.45) is 0 Å². The summed E-state index contributed by atoms with van der Waals surface area (Å²) in [5, 5.41) is 5.85. The number of anilines is 1. The number of hydrogen-bond acceptors (Lipinski definition) is 5. The summed E-state index contributed by atoms with van der Waals surface area (Å²) < 4.78 is 70.8. The Morgan fingerprint density at radius 2 is 1.75 bits per heavy atom. The van der Waals surface area contributed by atoms with Gasteiger partial charge in [-0.2, -0.15) is 13.2 Å². The Hall–Kier alpha value is -2.40. The molecule has 172 valence electrons. The van der Waals surface area contributed by atoms with Gasteiger partial charge in [0.1, 0.15) is 11.2 Å². The molecular weight excluding hydrogens is 431 g/mol.